The molecule has 1 amide bonds. The summed E-state index contributed by atoms with van der Waals surface area (Å²) in [6.07, 6.45) is 0. The maximum absolute atomic E-state index is 13.6. The zero-order valence-corrected chi connectivity index (χ0v) is 24.5. The second-order valence-electron chi connectivity index (χ2n) is 9.41. The van der Waals surface area contributed by atoms with Crippen molar-refractivity contribution in [3.8, 4) is 0 Å². The van der Waals surface area contributed by atoms with Crippen LogP contribution in [-0.2, 0) is 30.6 Å². The molecule has 0 bridgehead atoms. The van der Waals surface area contributed by atoms with Gasteiger partial charge < -0.3 is 5.32 Å². The summed E-state index contributed by atoms with van der Waals surface area (Å²) in [7, 11) is -8.01. The quantitative estimate of drug-likeness (QED) is 0.277. The Morgan fingerprint density at radius 3 is 1.83 bits per heavy atom. The summed E-state index contributed by atoms with van der Waals surface area (Å²) in [5.41, 5.74) is 1.55. The van der Waals surface area contributed by atoms with Crippen molar-refractivity contribution >= 4 is 43.4 Å². The molecule has 0 saturated carbocycles. The van der Waals surface area contributed by atoms with E-state index in [0.717, 1.165) is 20.5 Å². The van der Waals surface area contributed by atoms with Gasteiger partial charge in [0, 0.05) is 36.0 Å². The number of hydrogen-bond acceptors (Lipinski definition) is 6. The van der Waals surface area contributed by atoms with E-state index in [0.29, 0.717) is 5.69 Å². The first kappa shape index (κ1) is 29.0. The number of amides is 1. The first-order chi connectivity index (χ1) is 19.7. The highest BCUT2D eigenvalue weighted by molar-refractivity contribution is 7.98. The molecule has 1 fully saturated rings. The molecule has 4 aromatic rings. The van der Waals surface area contributed by atoms with Crippen LogP contribution in [0, 0.1) is 0 Å². The number of anilines is 1. The summed E-state index contributed by atoms with van der Waals surface area (Å²) >= 11 is 1.69. The SMILES string of the molecule is O=C(Nc1ccc(CSc2ccccc2)cc1)C1CN(S(=O)(=O)c2ccccc2)CCN1S(=O)(=O)c1ccccc1. The predicted molar refractivity (Wildman–Crippen MR) is 160 cm³/mol. The molecule has 0 aromatic heterocycles. The molecule has 4 aromatic carbocycles. The van der Waals surface area contributed by atoms with E-state index in [1.165, 1.54) is 28.6 Å². The lowest BCUT2D eigenvalue weighted by atomic mass is 10.2. The number of nitrogens with one attached hydrogen (secondary N) is 1. The van der Waals surface area contributed by atoms with Gasteiger partial charge in [-0.1, -0.05) is 66.7 Å². The van der Waals surface area contributed by atoms with E-state index in [1.54, 1.807) is 60.3 Å². The Hall–Kier alpha value is -3.48. The van der Waals surface area contributed by atoms with Crippen molar-refractivity contribution in [3.63, 3.8) is 0 Å². The Labute approximate surface area is 245 Å². The van der Waals surface area contributed by atoms with E-state index in [9.17, 15) is 21.6 Å². The Bertz CT molecular complexity index is 1690. The molecule has 1 saturated heterocycles. The number of hydrogen-bond donors (Lipinski definition) is 1. The Balaban J connectivity index is 1.37. The van der Waals surface area contributed by atoms with Gasteiger partial charge in [0.05, 0.1) is 9.79 Å². The van der Waals surface area contributed by atoms with Crippen LogP contribution in [0.5, 0.6) is 0 Å². The topological polar surface area (TPSA) is 104 Å². The maximum Gasteiger partial charge on any atom is 0.244 e. The standard InChI is InChI=1S/C30H29N3O5S3/c34-30(31-25-18-16-24(17-19-25)23-39-26-10-4-1-5-11-26)29-22-32(40(35,36)27-12-6-2-7-13-27)20-21-33(29)41(37,38)28-14-8-3-9-15-28/h1-19,29H,20-23H2,(H,31,34). The summed E-state index contributed by atoms with van der Waals surface area (Å²) < 4.78 is 56.2. The highest BCUT2D eigenvalue weighted by Gasteiger charge is 2.43. The molecule has 1 unspecified atom stereocenters. The highest BCUT2D eigenvalue weighted by atomic mass is 32.2. The van der Waals surface area contributed by atoms with Crippen LogP contribution in [0.3, 0.4) is 0 Å². The van der Waals surface area contributed by atoms with Crippen LogP contribution in [0.4, 0.5) is 5.69 Å². The molecular weight excluding hydrogens is 579 g/mol. The van der Waals surface area contributed by atoms with Crippen LogP contribution in [0.2, 0.25) is 0 Å². The minimum atomic E-state index is -4.07. The third-order valence-electron chi connectivity index (χ3n) is 6.70. The van der Waals surface area contributed by atoms with E-state index >= 15 is 0 Å². The first-order valence-corrected chi connectivity index (χ1v) is 16.8. The molecule has 0 spiro atoms. The molecule has 11 heteroatoms. The van der Waals surface area contributed by atoms with Crippen LogP contribution in [0.15, 0.2) is 130 Å². The van der Waals surface area contributed by atoms with Crippen molar-refractivity contribution < 1.29 is 21.6 Å². The van der Waals surface area contributed by atoms with Crippen molar-refractivity contribution in [3.05, 3.63) is 121 Å². The second-order valence-corrected chi connectivity index (χ2v) is 14.3. The summed E-state index contributed by atoms with van der Waals surface area (Å²) in [4.78, 5) is 14.9. The number of rotatable bonds is 9. The van der Waals surface area contributed by atoms with E-state index in [2.05, 4.69) is 5.32 Å². The van der Waals surface area contributed by atoms with Crippen molar-refractivity contribution in [1.82, 2.24) is 8.61 Å². The summed E-state index contributed by atoms with van der Waals surface area (Å²) in [5, 5.41) is 2.80. The monoisotopic (exact) mass is 607 g/mol. The molecule has 5 rings (SSSR count). The Morgan fingerprint density at radius 2 is 1.24 bits per heavy atom. The Kier molecular flexibility index (Phi) is 8.91. The number of benzene rings is 4. The lowest BCUT2D eigenvalue weighted by Gasteiger charge is -2.38. The molecule has 1 atom stereocenters. The van der Waals surface area contributed by atoms with Gasteiger partial charge in [-0.25, -0.2) is 16.8 Å². The number of carbonyl (C=O) groups is 1. The predicted octanol–water partition coefficient (Wildman–Crippen LogP) is 4.68. The van der Waals surface area contributed by atoms with Gasteiger partial charge in [-0.3, -0.25) is 4.79 Å². The zero-order chi connectivity index (χ0) is 28.9. The lowest BCUT2D eigenvalue weighted by Crippen LogP contribution is -2.60. The molecule has 0 radical (unpaired) electrons. The number of thioether (sulfide) groups is 1. The van der Waals surface area contributed by atoms with Gasteiger partial charge in [0.25, 0.3) is 0 Å². The van der Waals surface area contributed by atoms with Gasteiger partial charge >= 0.3 is 0 Å². The van der Waals surface area contributed by atoms with Crippen LogP contribution in [-0.4, -0.2) is 57.0 Å². The fourth-order valence-electron chi connectivity index (χ4n) is 4.52. The third kappa shape index (κ3) is 6.71. The third-order valence-corrected chi connectivity index (χ3v) is 11.6. The van der Waals surface area contributed by atoms with Gasteiger partial charge in [0.2, 0.25) is 26.0 Å². The van der Waals surface area contributed by atoms with Gasteiger partial charge in [-0.2, -0.15) is 8.61 Å². The number of nitrogens with zero attached hydrogens (tertiary/aromatic N) is 2. The Morgan fingerprint density at radius 1 is 0.707 bits per heavy atom. The van der Waals surface area contributed by atoms with E-state index in [4.69, 9.17) is 0 Å². The number of sulfonamides is 2. The van der Waals surface area contributed by atoms with E-state index in [1.807, 2.05) is 42.5 Å². The average Bonchev–Trinajstić information content (AvgIpc) is 3.01. The fourth-order valence-corrected chi connectivity index (χ4v) is 8.45. The van der Waals surface area contributed by atoms with E-state index in [-0.39, 0.29) is 29.4 Å². The lowest BCUT2D eigenvalue weighted by molar-refractivity contribution is -0.120. The van der Waals surface area contributed by atoms with Crippen LogP contribution in [0.1, 0.15) is 5.56 Å². The summed E-state index contributed by atoms with van der Waals surface area (Å²) in [5.74, 6) is 0.139. The molecule has 1 aliphatic rings. The summed E-state index contributed by atoms with van der Waals surface area (Å²) in [6, 6.07) is 31.8. The molecule has 1 heterocycles. The van der Waals surface area contributed by atoms with Crippen molar-refractivity contribution in [1.29, 1.82) is 0 Å². The molecule has 8 nitrogen and oxygen atoms in total. The normalized spacial score (nSPS) is 16.7. The molecule has 41 heavy (non-hydrogen) atoms. The minimum Gasteiger partial charge on any atom is -0.325 e. The fraction of sp³-hybridized carbons (Fsp3) is 0.167. The molecule has 0 aliphatic carbocycles. The number of carbonyl (C=O) groups excluding carboxylic acids is 1. The van der Waals surface area contributed by atoms with Crippen molar-refractivity contribution in [2.45, 2.75) is 26.5 Å². The highest BCUT2D eigenvalue weighted by Crippen LogP contribution is 2.27. The van der Waals surface area contributed by atoms with Crippen molar-refractivity contribution in [2.24, 2.45) is 0 Å². The van der Waals surface area contributed by atoms with Gasteiger partial charge in [-0.15, -0.1) is 11.8 Å². The molecule has 1 N–H and O–H groups in total. The molecule has 212 valence electrons. The minimum absolute atomic E-state index is 0.0393. The van der Waals surface area contributed by atoms with Crippen LogP contribution in [0.25, 0.3) is 0 Å². The van der Waals surface area contributed by atoms with Gasteiger partial charge in [-0.05, 0) is 54.1 Å². The zero-order valence-electron chi connectivity index (χ0n) is 22.0. The van der Waals surface area contributed by atoms with Gasteiger partial charge in [0.1, 0.15) is 6.04 Å². The van der Waals surface area contributed by atoms with Gasteiger partial charge in [0.15, 0.2) is 0 Å². The second kappa shape index (κ2) is 12.6. The van der Waals surface area contributed by atoms with Crippen molar-refractivity contribution in [2.75, 3.05) is 25.0 Å². The largest absolute Gasteiger partial charge is 0.325 e. The molecular formula is C30H29N3O5S3. The maximum atomic E-state index is 13.6. The smallest absolute Gasteiger partial charge is 0.244 e. The van der Waals surface area contributed by atoms with Crippen LogP contribution >= 0.6 is 11.8 Å². The molecule has 1 aliphatic heterocycles. The average molecular weight is 608 g/mol. The van der Waals surface area contributed by atoms with E-state index < -0.39 is 32.0 Å². The summed E-state index contributed by atoms with van der Waals surface area (Å²) in [6.45, 7) is -0.571. The first-order valence-electron chi connectivity index (χ1n) is 12.9. The van der Waals surface area contributed by atoms with Crippen LogP contribution < -0.4 is 5.32 Å². The number of piperazine rings is 1.